The SMILES string of the molecule is O=C1C(=O)N(Cc2cnc(Cl)cn2)c2ccc(F)cc21. The molecule has 5 nitrogen and oxygen atoms in total. The third-order valence-electron chi connectivity index (χ3n) is 2.93. The van der Waals surface area contributed by atoms with Crippen LogP contribution in [-0.2, 0) is 11.3 Å². The third kappa shape index (κ3) is 2.04. The van der Waals surface area contributed by atoms with Gasteiger partial charge in [-0.25, -0.2) is 9.37 Å². The van der Waals surface area contributed by atoms with E-state index in [0.717, 1.165) is 6.07 Å². The van der Waals surface area contributed by atoms with E-state index in [1.54, 1.807) is 0 Å². The molecule has 100 valence electrons. The van der Waals surface area contributed by atoms with Crippen molar-refractivity contribution >= 4 is 29.0 Å². The summed E-state index contributed by atoms with van der Waals surface area (Å²) in [5, 5.41) is 0.236. The molecule has 0 saturated heterocycles. The molecule has 0 spiro atoms. The predicted molar refractivity (Wildman–Crippen MR) is 69.0 cm³/mol. The van der Waals surface area contributed by atoms with E-state index in [1.807, 2.05) is 0 Å². The number of carbonyl (C=O) groups excluding carboxylic acids is 2. The zero-order chi connectivity index (χ0) is 14.3. The van der Waals surface area contributed by atoms with Crippen LogP contribution in [0.15, 0.2) is 30.6 Å². The van der Waals surface area contributed by atoms with Crippen molar-refractivity contribution in [3.63, 3.8) is 0 Å². The van der Waals surface area contributed by atoms with E-state index in [-0.39, 0.29) is 17.3 Å². The Bertz CT molecular complexity index is 718. The summed E-state index contributed by atoms with van der Waals surface area (Å²) in [6.45, 7) is 0.0768. The van der Waals surface area contributed by atoms with E-state index in [1.165, 1.54) is 29.4 Å². The van der Waals surface area contributed by atoms with Crippen molar-refractivity contribution in [2.45, 2.75) is 6.54 Å². The first-order valence-electron chi connectivity index (χ1n) is 5.68. The molecular formula is C13H7ClFN3O2. The van der Waals surface area contributed by atoms with Crippen LogP contribution in [0.3, 0.4) is 0 Å². The number of carbonyl (C=O) groups is 2. The highest BCUT2D eigenvalue weighted by Gasteiger charge is 2.36. The first kappa shape index (κ1) is 12.7. The van der Waals surface area contributed by atoms with Crippen molar-refractivity contribution in [1.82, 2.24) is 9.97 Å². The summed E-state index contributed by atoms with van der Waals surface area (Å²) < 4.78 is 13.1. The molecule has 0 unspecified atom stereocenters. The van der Waals surface area contributed by atoms with E-state index in [9.17, 15) is 14.0 Å². The monoisotopic (exact) mass is 291 g/mol. The van der Waals surface area contributed by atoms with Crippen molar-refractivity contribution in [2.75, 3.05) is 4.90 Å². The van der Waals surface area contributed by atoms with Gasteiger partial charge in [-0.3, -0.25) is 19.5 Å². The molecular weight excluding hydrogens is 285 g/mol. The smallest absolute Gasteiger partial charge is 0.299 e. The maximum atomic E-state index is 13.1. The molecule has 2 aromatic rings. The number of hydrogen-bond acceptors (Lipinski definition) is 4. The molecule has 1 aliphatic rings. The van der Waals surface area contributed by atoms with Crippen LogP contribution in [0, 0.1) is 5.82 Å². The van der Waals surface area contributed by atoms with Crippen LogP contribution in [0.4, 0.5) is 10.1 Å². The molecule has 1 aliphatic heterocycles. The van der Waals surface area contributed by atoms with Crippen LogP contribution in [0.1, 0.15) is 16.1 Å². The van der Waals surface area contributed by atoms with Gasteiger partial charge in [0.1, 0.15) is 11.0 Å². The van der Waals surface area contributed by atoms with E-state index in [0.29, 0.717) is 11.4 Å². The first-order chi connectivity index (χ1) is 9.56. The topological polar surface area (TPSA) is 63.2 Å². The second-order valence-electron chi connectivity index (χ2n) is 4.21. The number of fused-ring (bicyclic) bond motifs is 1. The van der Waals surface area contributed by atoms with Gasteiger partial charge in [0.2, 0.25) is 0 Å². The van der Waals surface area contributed by atoms with Gasteiger partial charge in [0.15, 0.2) is 0 Å². The number of Topliss-reactive ketones (excluding diaryl/α,β-unsaturated/α-hetero) is 1. The van der Waals surface area contributed by atoms with E-state index in [2.05, 4.69) is 9.97 Å². The number of benzene rings is 1. The van der Waals surface area contributed by atoms with Crippen LogP contribution in [0.5, 0.6) is 0 Å². The Kier molecular flexibility index (Phi) is 2.94. The molecule has 0 bridgehead atoms. The normalized spacial score (nSPS) is 13.8. The Labute approximate surface area is 118 Å². The van der Waals surface area contributed by atoms with Gasteiger partial charge < -0.3 is 0 Å². The van der Waals surface area contributed by atoms with Crippen LogP contribution in [-0.4, -0.2) is 21.7 Å². The zero-order valence-corrected chi connectivity index (χ0v) is 10.8. The molecule has 0 fully saturated rings. The number of halogens is 2. The first-order valence-corrected chi connectivity index (χ1v) is 6.06. The maximum absolute atomic E-state index is 13.1. The lowest BCUT2D eigenvalue weighted by molar-refractivity contribution is -0.114. The predicted octanol–water partition coefficient (Wildman–Crippen LogP) is 2.00. The van der Waals surface area contributed by atoms with Gasteiger partial charge in [-0.1, -0.05) is 11.6 Å². The molecule has 7 heteroatoms. The van der Waals surface area contributed by atoms with Crippen LogP contribution >= 0.6 is 11.6 Å². The molecule has 3 rings (SSSR count). The number of rotatable bonds is 2. The third-order valence-corrected chi connectivity index (χ3v) is 3.12. The largest absolute Gasteiger partial charge is 0.299 e. The van der Waals surface area contributed by atoms with Crippen LogP contribution < -0.4 is 4.90 Å². The molecule has 2 heterocycles. The van der Waals surface area contributed by atoms with Gasteiger partial charge in [-0.05, 0) is 18.2 Å². The molecule has 0 atom stereocenters. The Morgan fingerprint density at radius 2 is 2.00 bits per heavy atom. The number of hydrogen-bond donors (Lipinski definition) is 0. The molecule has 1 aromatic heterocycles. The number of ketones is 1. The van der Waals surface area contributed by atoms with Gasteiger partial charge in [0, 0.05) is 0 Å². The average molecular weight is 292 g/mol. The van der Waals surface area contributed by atoms with E-state index in [4.69, 9.17) is 11.6 Å². The van der Waals surface area contributed by atoms with E-state index < -0.39 is 17.5 Å². The highest BCUT2D eigenvalue weighted by atomic mass is 35.5. The van der Waals surface area contributed by atoms with Gasteiger partial charge in [0.25, 0.3) is 11.7 Å². The average Bonchev–Trinajstić information content (AvgIpc) is 2.66. The fourth-order valence-electron chi connectivity index (χ4n) is 2.01. The fraction of sp³-hybridized carbons (Fsp3) is 0.0769. The van der Waals surface area contributed by atoms with Crippen molar-refractivity contribution in [3.05, 3.63) is 52.8 Å². The van der Waals surface area contributed by atoms with Gasteiger partial charge >= 0.3 is 0 Å². The highest BCUT2D eigenvalue weighted by molar-refractivity contribution is 6.52. The summed E-state index contributed by atoms with van der Waals surface area (Å²) in [6, 6.07) is 3.66. The number of aromatic nitrogens is 2. The summed E-state index contributed by atoms with van der Waals surface area (Å²) in [5.41, 5.74) is 0.919. The Morgan fingerprint density at radius 1 is 1.20 bits per heavy atom. The maximum Gasteiger partial charge on any atom is 0.299 e. The second kappa shape index (κ2) is 4.64. The molecule has 20 heavy (non-hydrogen) atoms. The fourth-order valence-corrected chi connectivity index (χ4v) is 2.11. The molecule has 0 aliphatic carbocycles. The Balaban J connectivity index is 1.97. The molecule has 0 radical (unpaired) electrons. The van der Waals surface area contributed by atoms with Crippen LogP contribution in [0.2, 0.25) is 5.15 Å². The quantitative estimate of drug-likeness (QED) is 0.794. The molecule has 1 aromatic carbocycles. The van der Waals surface area contributed by atoms with Gasteiger partial charge in [0.05, 0.1) is 35.9 Å². The number of nitrogens with zero attached hydrogens (tertiary/aromatic N) is 3. The van der Waals surface area contributed by atoms with Crippen molar-refractivity contribution in [1.29, 1.82) is 0 Å². The lowest BCUT2D eigenvalue weighted by atomic mass is 10.1. The lowest BCUT2D eigenvalue weighted by Gasteiger charge is -2.15. The van der Waals surface area contributed by atoms with Crippen molar-refractivity contribution in [2.24, 2.45) is 0 Å². The summed E-state index contributed by atoms with van der Waals surface area (Å²) in [7, 11) is 0. The Morgan fingerprint density at radius 3 is 2.70 bits per heavy atom. The summed E-state index contributed by atoms with van der Waals surface area (Å²) in [4.78, 5) is 32.8. The Hall–Kier alpha value is -2.34. The molecule has 1 amide bonds. The standard InChI is InChI=1S/C13H7ClFN3O2/c14-11-5-16-8(4-17-11)6-18-10-2-1-7(15)3-9(10)12(19)13(18)20/h1-5H,6H2. The van der Waals surface area contributed by atoms with Gasteiger partial charge in [-0.15, -0.1) is 0 Å². The molecule has 0 saturated carbocycles. The summed E-state index contributed by atoms with van der Waals surface area (Å²) >= 11 is 5.63. The highest BCUT2D eigenvalue weighted by Crippen LogP contribution is 2.30. The minimum atomic E-state index is -0.721. The van der Waals surface area contributed by atoms with Gasteiger partial charge in [-0.2, -0.15) is 0 Å². The van der Waals surface area contributed by atoms with E-state index >= 15 is 0 Å². The zero-order valence-electron chi connectivity index (χ0n) is 10.0. The number of amides is 1. The second-order valence-corrected chi connectivity index (χ2v) is 4.60. The minimum Gasteiger partial charge on any atom is -0.299 e. The van der Waals surface area contributed by atoms with Crippen molar-refractivity contribution < 1.29 is 14.0 Å². The summed E-state index contributed by atoms with van der Waals surface area (Å²) in [6.07, 6.45) is 2.77. The van der Waals surface area contributed by atoms with Crippen molar-refractivity contribution in [3.8, 4) is 0 Å². The molecule has 0 N–H and O–H groups in total. The van der Waals surface area contributed by atoms with Crippen LogP contribution in [0.25, 0.3) is 0 Å². The lowest BCUT2D eigenvalue weighted by Crippen LogP contribution is -2.29. The minimum absolute atomic E-state index is 0.0666. The number of anilines is 1. The summed E-state index contributed by atoms with van der Waals surface area (Å²) in [5.74, 6) is -1.98.